The second kappa shape index (κ2) is 6.91. The Hall–Kier alpha value is -0.775. The minimum Gasteiger partial charge on any atom is -0.254 e. The molecule has 66 valence electrons. The summed E-state index contributed by atoms with van der Waals surface area (Å²) in [5.41, 5.74) is 0. The Kier molecular flexibility index (Phi) is 6.46. The number of rotatable bonds is 0. The third kappa shape index (κ3) is 7.33. The maximum atomic E-state index is 10.1. The molecule has 12 heavy (non-hydrogen) atoms. The molecule has 0 N–H and O–H groups in total. The van der Waals surface area contributed by atoms with Crippen LogP contribution in [0.2, 0.25) is 0 Å². The quantitative estimate of drug-likeness (QED) is 0.424. The number of hydrogen-bond donors (Lipinski definition) is 0. The summed E-state index contributed by atoms with van der Waals surface area (Å²) in [5.74, 6) is 0. The van der Waals surface area contributed by atoms with E-state index in [9.17, 15) is 17.2 Å². The minimum atomic E-state index is -3.67. The van der Waals surface area contributed by atoms with Gasteiger partial charge in [0.1, 0.15) is 0 Å². The molecule has 1 aliphatic carbocycles. The van der Waals surface area contributed by atoms with Crippen LogP contribution in [0.15, 0.2) is 24.3 Å². The molecule has 0 unspecified atom stereocenters. The van der Waals surface area contributed by atoms with Gasteiger partial charge in [-0.05, 0) is 6.08 Å². The van der Waals surface area contributed by atoms with Crippen molar-refractivity contribution in [2.24, 2.45) is 0 Å². The molecule has 0 heterocycles. The van der Waals surface area contributed by atoms with E-state index in [4.69, 9.17) is 0 Å². The van der Waals surface area contributed by atoms with Crippen molar-refractivity contribution in [2.45, 2.75) is 6.42 Å². The van der Waals surface area contributed by atoms with Gasteiger partial charge in [-0.2, -0.15) is 0 Å². The van der Waals surface area contributed by atoms with Crippen LogP contribution in [0.1, 0.15) is 6.42 Å². The van der Waals surface area contributed by atoms with Crippen LogP contribution in [0.25, 0.3) is 0 Å². The van der Waals surface area contributed by atoms with E-state index in [1.165, 1.54) is 0 Å². The molecule has 0 spiro atoms. The van der Waals surface area contributed by atoms with Gasteiger partial charge in [0.15, 0.2) is 0 Å². The van der Waals surface area contributed by atoms with E-state index in [1.54, 1.807) is 0 Å². The predicted molar refractivity (Wildman–Crippen MR) is 45.1 cm³/mol. The summed E-state index contributed by atoms with van der Waals surface area (Å²) in [6, 6.07) is 0. The molecule has 0 amide bonds. The minimum absolute atomic E-state index is 0.574. The van der Waals surface area contributed by atoms with Crippen LogP contribution in [0.4, 0.5) is 12.9 Å². The van der Waals surface area contributed by atoms with Crippen molar-refractivity contribution in [1.29, 1.82) is 0 Å². The van der Waals surface area contributed by atoms with E-state index in [2.05, 4.69) is 0 Å². The summed E-state index contributed by atoms with van der Waals surface area (Å²) in [5, 5.41) is 0. The zero-order chi connectivity index (χ0) is 9.40. The second-order valence-electron chi connectivity index (χ2n) is 1.79. The van der Waals surface area contributed by atoms with Crippen molar-refractivity contribution in [3.8, 4) is 0 Å². The first-order chi connectivity index (χ1) is 5.66. The lowest BCUT2D eigenvalue weighted by molar-refractivity contribution is 0.535. The molecule has 0 saturated heterocycles. The number of allylic oxidation sites excluding steroid dienone is 4. The Bertz CT molecular complexity index is 230. The first-order valence-corrected chi connectivity index (χ1v) is 3.82. The maximum Gasteiger partial charge on any atom is 0.762 e. The Labute approximate surface area is 72.3 Å². The summed E-state index contributed by atoms with van der Waals surface area (Å²) < 4.78 is 39.1. The van der Waals surface area contributed by atoms with Crippen molar-refractivity contribution >= 4 is 23.7 Å². The molecule has 0 saturated carbocycles. The van der Waals surface area contributed by atoms with E-state index in [1.807, 2.05) is 24.3 Å². The third-order valence-electron chi connectivity index (χ3n) is 0.955. The van der Waals surface area contributed by atoms with E-state index < -0.39 is 7.54 Å². The highest BCUT2D eigenvalue weighted by Crippen LogP contribution is 1.95. The molecule has 6 heteroatoms. The van der Waals surface area contributed by atoms with Gasteiger partial charge in [0.25, 0.3) is 0 Å². The van der Waals surface area contributed by atoms with Gasteiger partial charge in [-0.15, -0.1) is 0 Å². The van der Waals surface area contributed by atoms with E-state index in [-0.39, 0.29) is 0 Å². The van der Waals surface area contributed by atoms with Crippen LogP contribution in [-0.4, -0.2) is 16.6 Å². The molecule has 1 nitrogen and oxygen atoms in total. The summed E-state index contributed by atoms with van der Waals surface area (Å²) in [6.45, 7) is 0. The van der Waals surface area contributed by atoms with Crippen molar-refractivity contribution in [2.75, 3.05) is 0 Å². The van der Waals surface area contributed by atoms with Crippen LogP contribution in [0.3, 0.4) is 0 Å². The van der Waals surface area contributed by atoms with E-state index in [0.29, 0.717) is 11.3 Å². The molecule has 0 aromatic rings. The van der Waals surface area contributed by atoms with Gasteiger partial charge < -0.3 is 0 Å². The van der Waals surface area contributed by atoms with Crippen molar-refractivity contribution < 1.29 is 17.2 Å². The van der Waals surface area contributed by atoms with Crippen LogP contribution < -0.4 is 0 Å². The van der Waals surface area contributed by atoms with E-state index in [0.717, 1.165) is 11.3 Å². The molecule has 0 fully saturated rings. The largest absolute Gasteiger partial charge is 0.762 e. The molecule has 0 radical (unpaired) electrons. The zero-order valence-electron chi connectivity index (χ0n) is 6.04. The van der Waals surface area contributed by atoms with Gasteiger partial charge in [-0.1, -0.05) is 18.2 Å². The lowest BCUT2D eigenvalue weighted by atomic mass is 10.2. The Morgan fingerprint density at radius 3 is 2.17 bits per heavy atom. The van der Waals surface area contributed by atoms with Crippen LogP contribution in [0, 0.1) is 0 Å². The fourth-order valence-corrected chi connectivity index (χ4v) is 0.854. The Morgan fingerprint density at radius 1 is 1.33 bits per heavy atom. The molecule has 0 aliphatic heterocycles. The highest BCUT2D eigenvalue weighted by atomic mass is 32.1. The van der Waals surface area contributed by atoms with Crippen molar-refractivity contribution in [3.05, 3.63) is 24.3 Å². The standard InChI is InChI=1S/C6H6OS.BF3/c7-8-6-4-2-1-3-5-6;2-1(3)4/h1-4H,5H2;. The Morgan fingerprint density at radius 2 is 1.92 bits per heavy atom. The number of hydrogen-bond acceptors (Lipinski definition) is 1. The van der Waals surface area contributed by atoms with Gasteiger partial charge in [-0.3, -0.25) is 12.9 Å². The highest BCUT2D eigenvalue weighted by Gasteiger charge is 2.06. The zero-order valence-corrected chi connectivity index (χ0v) is 6.86. The monoisotopic (exact) mass is 194 g/mol. The average Bonchev–Trinajstić information content (AvgIpc) is 2.05. The number of halogens is 3. The second-order valence-corrected chi connectivity index (χ2v) is 2.48. The summed E-state index contributed by atoms with van der Waals surface area (Å²) in [7, 11) is -3.67. The highest BCUT2D eigenvalue weighted by molar-refractivity contribution is 7.66. The molecular weight excluding hydrogens is 188 g/mol. The van der Waals surface area contributed by atoms with Gasteiger partial charge >= 0.3 is 7.54 Å². The summed E-state index contributed by atoms with van der Waals surface area (Å²) >= 11 is 0.574. The van der Waals surface area contributed by atoms with Gasteiger partial charge in [-0.25, -0.2) is 4.21 Å². The van der Waals surface area contributed by atoms with Crippen LogP contribution >= 0.6 is 0 Å². The Balaban J connectivity index is 0.000000261. The molecule has 0 aromatic heterocycles. The lowest BCUT2D eigenvalue weighted by Gasteiger charge is -1.91. The molecule has 0 bridgehead atoms. The van der Waals surface area contributed by atoms with Crippen LogP contribution in [-0.2, 0) is 11.3 Å². The summed E-state index contributed by atoms with van der Waals surface area (Å²) in [6.07, 6.45) is 8.45. The van der Waals surface area contributed by atoms with Crippen LogP contribution in [0.5, 0.6) is 0 Å². The molecule has 1 aliphatic rings. The van der Waals surface area contributed by atoms with Crippen molar-refractivity contribution in [3.63, 3.8) is 0 Å². The van der Waals surface area contributed by atoms with Gasteiger partial charge in [0.2, 0.25) is 0 Å². The smallest absolute Gasteiger partial charge is 0.254 e. The van der Waals surface area contributed by atoms with Crippen molar-refractivity contribution in [1.82, 2.24) is 0 Å². The normalized spacial score (nSPS) is 13.4. The predicted octanol–water partition coefficient (Wildman–Crippen LogP) is 1.77. The fourth-order valence-electron chi connectivity index (χ4n) is 0.555. The molecule has 0 aromatic carbocycles. The average molecular weight is 194 g/mol. The maximum absolute atomic E-state index is 10.1. The summed E-state index contributed by atoms with van der Waals surface area (Å²) in [4.78, 5) is 0.896. The third-order valence-corrected chi connectivity index (χ3v) is 1.47. The first kappa shape index (κ1) is 11.2. The molecule has 1 rings (SSSR count). The van der Waals surface area contributed by atoms with E-state index >= 15 is 0 Å². The van der Waals surface area contributed by atoms with Gasteiger partial charge in [0.05, 0.1) is 11.3 Å². The van der Waals surface area contributed by atoms with Gasteiger partial charge in [0, 0.05) is 11.3 Å². The molecule has 0 atom stereocenters. The fraction of sp³-hybridized carbons (Fsp3) is 0.167. The molecular formula is C6H6BF3OS. The SMILES string of the molecule is FB(F)F.O=S=C1C=CC=CC1. The first-order valence-electron chi connectivity index (χ1n) is 3.08. The lowest BCUT2D eigenvalue weighted by Crippen LogP contribution is -1.91. The topological polar surface area (TPSA) is 17.1 Å².